The molecular formula is C13H19N7O. The molecule has 1 atom stereocenters. The quantitative estimate of drug-likeness (QED) is 0.863. The summed E-state index contributed by atoms with van der Waals surface area (Å²) in [5, 5.41) is 4.12. The highest BCUT2D eigenvalue weighted by Gasteiger charge is 2.21. The van der Waals surface area contributed by atoms with Gasteiger partial charge in [-0.1, -0.05) is 0 Å². The van der Waals surface area contributed by atoms with Gasteiger partial charge in [-0.2, -0.15) is 20.1 Å². The van der Waals surface area contributed by atoms with Crippen molar-refractivity contribution in [3.05, 3.63) is 18.5 Å². The molecule has 2 N–H and O–H groups in total. The molecule has 0 aromatic carbocycles. The molecule has 0 saturated carbocycles. The molecule has 2 aromatic rings. The summed E-state index contributed by atoms with van der Waals surface area (Å²) in [7, 11) is 0. The predicted molar refractivity (Wildman–Crippen MR) is 78.2 cm³/mol. The molecule has 0 spiro atoms. The fourth-order valence-electron chi connectivity index (χ4n) is 2.39. The number of rotatable bonds is 5. The van der Waals surface area contributed by atoms with Crippen LogP contribution in [0.5, 0.6) is 0 Å². The van der Waals surface area contributed by atoms with Crippen LogP contribution in [0.4, 0.5) is 11.9 Å². The van der Waals surface area contributed by atoms with Gasteiger partial charge in [0.15, 0.2) is 0 Å². The van der Waals surface area contributed by atoms with Crippen molar-refractivity contribution in [2.45, 2.75) is 25.9 Å². The molecule has 8 heteroatoms. The summed E-state index contributed by atoms with van der Waals surface area (Å²) < 4.78 is 7.25. The van der Waals surface area contributed by atoms with E-state index in [2.05, 4.69) is 31.9 Å². The maximum Gasteiger partial charge on any atom is 0.257 e. The highest BCUT2D eigenvalue weighted by Crippen LogP contribution is 2.17. The molecule has 1 aliphatic rings. The third kappa shape index (κ3) is 3.10. The van der Waals surface area contributed by atoms with E-state index in [0.717, 1.165) is 32.5 Å². The lowest BCUT2D eigenvalue weighted by Crippen LogP contribution is -2.34. The van der Waals surface area contributed by atoms with E-state index in [0.29, 0.717) is 11.9 Å². The second-order valence-electron chi connectivity index (χ2n) is 4.92. The van der Waals surface area contributed by atoms with E-state index >= 15 is 0 Å². The third-order valence-corrected chi connectivity index (χ3v) is 3.45. The average Bonchev–Trinajstić information content (AvgIpc) is 3.17. The van der Waals surface area contributed by atoms with Crippen LogP contribution in [0.1, 0.15) is 19.8 Å². The van der Waals surface area contributed by atoms with Crippen molar-refractivity contribution < 1.29 is 4.74 Å². The summed E-state index contributed by atoms with van der Waals surface area (Å²) in [6, 6.07) is 1.81. The van der Waals surface area contributed by atoms with Crippen molar-refractivity contribution in [2.24, 2.45) is 0 Å². The topological polar surface area (TPSA) is 95.0 Å². The highest BCUT2D eigenvalue weighted by molar-refractivity contribution is 5.37. The molecule has 2 aromatic heterocycles. The van der Waals surface area contributed by atoms with E-state index in [1.807, 2.05) is 6.07 Å². The van der Waals surface area contributed by atoms with Crippen LogP contribution in [-0.2, 0) is 4.74 Å². The van der Waals surface area contributed by atoms with Gasteiger partial charge in [0.1, 0.15) is 0 Å². The normalized spacial score (nSPS) is 18.0. The molecule has 8 nitrogen and oxygen atoms in total. The molecule has 1 unspecified atom stereocenters. The summed E-state index contributed by atoms with van der Waals surface area (Å²) in [6.07, 6.45) is 5.86. The second-order valence-corrected chi connectivity index (χ2v) is 4.92. The van der Waals surface area contributed by atoms with Crippen LogP contribution in [0.2, 0.25) is 0 Å². The van der Waals surface area contributed by atoms with E-state index in [4.69, 9.17) is 10.5 Å². The average molecular weight is 289 g/mol. The minimum Gasteiger partial charge on any atom is -0.376 e. The molecule has 21 heavy (non-hydrogen) atoms. The number of anilines is 2. The van der Waals surface area contributed by atoms with E-state index in [1.54, 1.807) is 17.1 Å². The van der Waals surface area contributed by atoms with E-state index < -0.39 is 0 Å². The van der Waals surface area contributed by atoms with Crippen molar-refractivity contribution in [3.63, 3.8) is 0 Å². The van der Waals surface area contributed by atoms with Crippen LogP contribution in [0.15, 0.2) is 18.5 Å². The first-order chi connectivity index (χ1) is 10.3. The predicted octanol–water partition coefficient (Wildman–Crippen LogP) is 0.645. The molecule has 3 rings (SSSR count). The molecule has 112 valence electrons. The Morgan fingerprint density at radius 2 is 2.33 bits per heavy atom. The van der Waals surface area contributed by atoms with Crippen molar-refractivity contribution in [1.82, 2.24) is 24.7 Å². The van der Waals surface area contributed by atoms with Crippen LogP contribution in [0.25, 0.3) is 5.95 Å². The molecule has 0 amide bonds. The number of nitrogen functional groups attached to an aromatic ring is 1. The van der Waals surface area contributed by atoms with E-state index in [1.165, 1.54) is 0 Å². The van der Waals surface area contributed by atoms with Gasteiger partial charge in [0.05, 0.1) is 6.10 Å². The molecule has 1 aliphatic heterocycles. The second kappa shape index (κ2) is 6.04. The minimum absolute atomic E-state index is 0.191. The number of likely N-dealkylation sites (N-methyl/N-ethyl adjacent to an activating group) is 1. The zero-order valence-corrected chi connectivity index (χ0v) is 12.0. The number of hydrogen-bond donors (Lipinski definition) is 1. The van der Waals surface area contributed by atoms with Crippen LogP contribution in [0.3, 0.4) is 0 Å². The van der Waals surface area contributed by atoms with E-state index in [-0.39, 0.29) is 12.1 Å². The molecule has 0 aliphatic carbocycles. The van der Waals surface area contributed by atoms with Gasteiger partial charge in [-0.3, -0.25) is 0 Å². The van der Waals surface area contributed by atoms with Gasteiger partial charge in [0.25, 0.3) is 5.95 Å². The van der Waals surface area contributed by atoms with Gasteiger partial charge in [0, 0.05) is 32.1 Å². The lowest BCUT2D eigenvalue weighted by atomic mass is 10.2. The smallest absolute Gasteiger partial charge is 0.257 e. The first-order valence-corrected chi connectivity index (χ1v) is 7.14. The Balaban J connectivity index is 1.85. The summed E-state index contributed by atoms with van der Waals surface area (Å²) in [5.74, 6) is 1.18. The lowest BCUT2D eigenvalue weighted by Gasteiger charge is -2.24. The third-order valence-electron chi connectivity index (χ3n) is 3.45. The fraction of sp³-hybridized carbons (Fsp3) is 0.538. The highest BCUT2D eigenvalue weighted by atomic mass is 16.5. The maximum atomic E-state index is 5.80. The van der Waals surface area contributed by atoms with Crippen molar-refractivity contribution in [3.8, 4) is 5.95 Å². The molecule has 0 radical (unpaired) electrons. The van der Waals surface area contributed by atoms with Crippen molar-refractivity contribution >= 4 is 11.9 Å². The Hall–Kier alpha value is -2.22. The largest absolute Gasteiger partial charge is 0.376 e. The van der Waals surface area contributed by atoms with Gasteiger partial charge in [0.2, 0.25) is 11.9 Å². The molecule has 1 saturated heterocycles. The zero-order chi connectivity index (χ0) is 14.7. The van der Waals surface area contributed by atoms with Crippen molar-refractivity contribution in [2.75, 3.05) is 30.3 Å². The zero-order valence-electron chi connectivity index (χ0n) is 12.0. The first kappa shape index (κ1) is 13.7. The Labute approximate surface area is 123 Å². The van der Waals surface area contributed by atoms with Gasteiger partial charge in [-0.15, -0.1) is 0 Å². The Morgan fingerprint density at radius 1 is 1.43 bits per heavy atom. The summed E-state index contributed by atoms with van der Waals surface area (Å²) in [6.45, 7) is 4.43. The Bertz CT molecular complexity index is 580. The molecular weight excluding hydrogens is 270 g/mol. The molecule has 3 heterocycles. The van der Waals surface area contributed by atoms with Crippen LogP contribution >= 0.6 is 0 Å². The van der Waals surface area contributed by atoms with E-state index in [9.17, 15) is 0 Å². The standard InChI is InChI=1S/C13H19N7O/c1-2-19(9-10-5-3-8-21-10)12-16-11(14)17-13(18-12)20-7-4-6-15-20/h4,6-7,10H,2-3,5,8-9H2,1H3,(H2,14,16,17,18). The number of aromatic nitrogens is 5. The summed E-state index contributed by atoms with van der Waals surface area (Å²) in [4.78, 5) is 14.9. The Morgan fingerprint density at radius 3 is 3.00 bits per heavy atom. The van der Waals surface area contributed by atoms with Gasteiger partial charge >= 0.3 is 0 Å². The van der Waals surface area contributed by atoms with Gasteiger partial charge in [-0.25, -0.2) is 4.68 Å². The number of nitrogens with two attached hydrogens (primary N) is 1. The SMILES string of the molecule is CCN(CC1CCCO1)c1nc(N)nc(-n2cccn2)n1. The van der Waals surface area contributed by atoms with Crippen LogP contribution < -0.4 is 10.6 Å². The maximum absolute atomic E-state index is 5.80. The summed E-state index contributed by atoms with van der Waals surface area (Å²) >= 11 is 0. The lowest BCUT2D eigenvalue weighted by molar-refractivity contribution is 0.115. The molecule has 0 bridgehead atoms. The number of nitrogens with zero attached hydrogens (tertiary/aromatic N) is 6. The monoisotopic (exact) mass is 289 g/mol. The Kier molecular flexibility index (Phi) is 3.96. The number of hydrogen-bond acceptors (Lipinski definition) is 7. The summed E-state index contributed by atoms with van der Waals surface area (Å²) in [5.41, 5.74) is 5.80. The van der Waals surface area contributed by atoms with Crippen LogP contribution in [-0.4, -0.2) is 50.5 Å². The van der Waals surface area contributed by atoms with Gasteiger partial charge in [-0.05, 0) is 25.8 Å². The van der Waals surface area contributed by atoms with Crippen LogP contribution in [0, 0.1) is 0 Å². The van der Waals surface area contributed by atoms with Crippen molar-refractivity contribution in [1.29, 1.82) is 0 Å². The first-order valence-electron chi connectivity index (χ1n) is 7.14. The number of ether oxygens (including phenoxy) is 1. The minimum atomic E-state index is 0.191. The fourth-order valence-corrected chi connectivity index (χ4v) is 2.39. The molecule has 1 fully saturated rings. The van der Waals surface area contributed by atoms with Gasteiger partial charge < -0.3 is 15.4 Å².